The molecule has 1 rings (SSSR count). The number of carbonyl (C=O) groups excluding carboxylic acids is 4. The van der Waals surface area contributed by atoms with E-state index in [9.17, 15) is 24.3 Å². The van der Waals surface area contributed by atoms with Crippen molar-refractivity contribution in [3.05, 3.63) is 0 Å². The van der Waals surface area contributed by atoms with Crippen molar-refractivity contribution in [1.82, 2.24) is 16.0 Å². The molecule has 3 unspecified atom stereocenters. The lowest BCUT2D eigenvalue weighted by Crippen LogP contribution is -2.53. The first kappa shape index (κ1) is 27.0. The summed E-state index contributed by atoms with van der Waals surface area (Å²) in [7, 11) is 0. The third kappa shape index (κ3) is 9.75. The molecule has 10 nitrogen and oxygen atoms in total. The van der Waals surface area contributed by atoms with Crippen LogP contribution in [-0.4, -0.2) is 66.4 Å². The van der Waals surface area contributed by atoms with Gasteiger partial charge in [0.15, 0.2) is 5.78 Å². The van der Waals surface area contributed by atoms with Crippen LogP contribution in [0.2, 0.25) is 0 Å². The molecule has 8 N–H and O–H groups in total. The molecule has 178 valence electrons. The van der Waals surface area contributed by atoms with Gasteiger partial charge in [-0.2, -0.15) is 0 Å². The van der Waals surface area contributed by atoms with Gasteiger partial charge >= 0.3 is 0 Å². The second-order valence-corrected chi connectivity index (χ2v) is 8.54. The summed E-state index contributed by atoms with van der Waals surface area (Å²) in [5.74, 6) is -1.77. The van der Waals surface area contributed by atoms with Gasteiger partial charge in [-0.25, -0.2) is 0 Å². The molecule has 0 spiro atoms. The zero-order valence-electron chi connectivity index (χ0n) is 18.7. The maximum absolute atomic E-state index is 12.3. The van der Waals surface area contributed by atoms with Gasteiger partial charge in [0.2, 0.25) is 17.7 Å². The van der Waals surface area contributed by atoms with E-state index in [1.54, 1.807) is 13.8 Å². The summed E-state index contributed by atoms with van der Waals surface area (Å²) in [5.41, 5.74) is 11.6. The first-order valence-electron chi connectivity index (χ1n) is 11.2. The molecule has 3 amide bonds. The Morgan fingerprint density at radius 1 is 1.00 bits per heavy atom. The van der Waals surface area contributed by atoms with E-state index in [1.165, 1.54) is 6.42 Å². The van der Waals surface area contributed by atoms with Crippen LogP contribution in [0, 0.1) is 11.8 Å². The Labute approximate surface area is 184 Å². The highest BCUT2D eigenvalue weighted by atomic mass is 16.3. The molecule has 0 heterocycles. The van der Waals surface area contributed by atoms with Crippen molar-refractivity contribution in [2.24, 2.45) is 23.3 Å². The predicted octanol–water partition coefficient (Wildman–Crippen LogP) is -1.06. The number of nitrogens with one attached hydrogen (secondary N) is 3. The molecular weight excluding hydrogens is 402 g/mol. The van der Waals surface area contributed by atoms with Crippen LogP contribution in [0.5, 0.6) is 0 Å². The summed E-state index contributed by atoms with van der Waals surface area (Å²) in [5, 5.41) is 16.9. The minimum absolute atomic E-state index is 0.0764. The van der Waals surface area contributed by atoms with Crippen LogP contribution in [0.4, 0.5) is 0 Å². The molecule has 10 heteroatoms. The van der Waals surface area contributed by atoms with Crippen molar-refractivity contribution in [2.75, 3.05) is 19.7 Å². The van der Waals surface area contributed by atoms with E-state index < -0.39 is 36.4 Å². The first-order valence-corrected chi connectivity index (χ1v) is 11.2. The number of aliphatic hydroxyl groups excluding tert-OH is 1. The van der Waals surface area contributed by atoms with Gasteiger partial charge < -0.3 is 32.5 Å². The van der Waals surface area contributed by atoms with Crippen molar-refractivity contribution >= 4 is 23.5 Å². The monoisotopic (exact) mass is 441 g/mol. The third-order valence-electron chi connectivity index (χ3n) is 5.64. The SMILES string of the molecule is CC(C)C(=O)C(CCN)NC(=O)CNC(=O)C(CO)NC(=O)CC(N)C1CCCCC1. The molecule has 1 fully saturated rings. The fourth-order valence-corrected chi connectivity index (χ4v) is 3.78. The van der Waals surface area contributed by atoms with E-state index in [2.05, 4.69) is 16.0 Å². The van der Waals surface area contributed by atoms with E-state index in [1.807, 2.05) is 0 Å². The Kier molecular flexibility index (Phi) is 12.3. The fraction of sp³-hybridized carbons (Fsp3) is 0.810. The Morgan fingerprint density at radius 2 is 1.61 bits per heavy atom. The number of carbonyl (C=O) groups is 4. The number of hydrogen-bond donors (Lipinski definition) is 6. The number of Topliss-reactive ketones (excluding diaryl/α,β-unsaturated/α-hetero) is 1. The van der Waals surface area contributed by atoms with E-state index in [-0.39, 0.29) is 37.3 Å². The van der Waals surface area contributed by atoms with Gasteiger partial charge in [-0.3, -0.25) is 19.2 Å². The fourth-order valence-electron chi connectivity index (χ4n) is 3.78. The number of ketones is 1. The lowest BCUT2D eigenvalue weighted by molar-refractivity contribution is -0.132. The number of amides is 3. The van der Waals surface area contributed by atoms with E-state index in [0.717, 1.165) is 25.7 Å². The summed E-state index contributed by atoms with van der Waals surface area (Å²) < 4.78 is 0. The average molecular weight is 442 g/mol. The summed E-state index contributed by atoms with van der Waals surface area (Å²) in [6.07, 6.45) is 5.78. The van der Waals surface area contributed by atoms with Gasteiger partial charge in [0.1, 0.15) is 6.04 Å². The summed E-state index contributed by atoms with van der Waals surface area (Å²) in [6.45, 7) is 2.69. The van der Waals surface area contributed by atoms with Crippen LogP contribution in [0.1, 0.15) is 58.8 Å². The van der Waals surface area contributed by atoms with Crippen molar-refractivity contribution < 1.29 is 24.3 Å². The smallest absolute Gasteiger partial charge is 0.245 e. The highest BCUT2D eigenvalue weighted by Crippen LogP contribution is 2.26. The third-order valence-corrected chi connectivity index (χ3v) is 5.64. The molecule has 0 aromatic rings. The summed E-state index contributed by atoms with van der Waals surface area (Å²) in [4.78, 5) is 48.8. The van der Waals surface area contributed by atoms with Crippen molar-refractivity contribution in [3.63, 3.8) is 0 Å². The molecule has 0 radical (unpaired) electrons. The Balaban J connectivity index is 2.47. The molecule has 1 aliphatic carbocycles. The van der Waals surface area contributed by atoms with Crippen LogP contribution in [0.25, 0.3) is 0 Å². The lowest BCUT2D eigenvalue weighted by Gasteiger charge is -2.27. The second kappa shape index (κ2) is 14.1. The second-order valence-electron chi connectivity index (χ2n) is 8.54. The van der Waals surface area contributed by atoms with Crippen LogP contribution in [-0.2, 0) is 19.2 Å². The van der Waals surface area contributed by atoms with Crippen molar-refractivity contribution in [2.45, 2.75) is 76.9 Å². The number of nitrogens with two attached hydrogens (primary N) is 2. The van der Waals surface area contributed by atoms with Crippen molar-refractivity contribution in [3.8, 4) is 0 Å². The molecule has 0 aliphatic heterocycles. The minimum Gasteiger partial charge on any atom is -0.394 e. The van der Waals surface area contributed by atoms with Gasteiger partial charge in [0.25, 0.3) is 0 Å². The van der Waals surface area contributed by atoms with Crippen LogP contribution in [0.3, 0.4) is 0 Å². The molecule has 1 saturated carbocycles. The summed E-state index contributed by atoms with van der Waals surface area (Å²) in [6, 6.07) is -2.19. The van der Waals surface area contributed by atoms with Crippen LogP contribution < -0.4 is 27.4 Å². The molecule has 0 saturated heterocycles. The van der Waals surface area contributed by atoms with E-state index in [0.29, 0.717) is 12.3 Å². The number of aliphatic hydroxyl groups is 1. The largest absolute Gasteiger partial charge is 0.394 e. The predicted molar refractivity (Wildman–Crippen MR) is 117 cm³/mol. The molecule has 3 atom stereocenters. The van der Waals surface area contributed by atoms with Gasteiger partial charge in [0, 0.05) is 18.4 Å². The zero-order chi connectivity index (χ0) is 23.4. The van der Waals surface area contributed by atoms with Gasteiger partial charge in [0.05, 0.1) is 19.2 Å². The lowest BCUT2D eigenvalue weighted by atomic mass is 9.83. The Hall–Kier alpha value is -2.04. The normalized spacial score (nSPS) is 17.5. The molecule has 0 bridgehead atoms. The van der Waals surface area contributed by atoms with E-state index >= 15 is 0 Å². The molecule has 0 aromatic heterocycles. The standard InChI is InChI=1S/C21H39N5O5/c1-13(2)20(30)16(8-9-22)25-19(29)11-24-21(31)17(12-27)26-18(28)10-15(23)14-6-4-3-5-7-14/h13-17,27H,3-12,22-23H2,1-2H3,(H,24,31)(H,25,29)(H,26,28). The van der Waals surface area contributed by atoms with Gasteiger partial charge in [-0.15, -0.1) is 0 Å². The molecular formula is C21H39N5O5. The van der Waals surface area contributed by atoms with Gasteiger partial charge in [-0.1, -0.05) is 33.1 Å². The quantitative estimate of drug-likeness (QED) is 0.211. The van der Waals surface area contributed by atoms with E-state index in [4.69, 9.17) is 11.5 Å². The molecule has 31 heavy (non-hydrogen) atoms. The zero-order valence-corrected chi connectivity index (χ0v) is 18.7. The maximum atomic E-state index is 12.3. The highest BCUT2D eigenvalue weighted by Gasteiger charge is 2.26. The minimum atomic E-state index is -1.18. The number of rotatable bonds is 13. The summed E-state index contributed by atoms with van der Waals surface area (Å²) >= 11 is 0. The molecule has 1 aliphatic rings. The molecule has 0 aromatic carbocycles. The Bertz CT molecular complexity index is 607. The average Bonchev–Trinajstić information content (AvgIpc) is 2.75. The van der Waals surface area contributed by atoms with Crippen molar-refractivity contribution in [1.29, 1.82) is 0 Å². The van der Waals surface area contributed by atoms with Crippen LogP contribution >= 0.6 is 0 Å². The Morgan fingerprint density at radius 3 is 2.16 bits per heavy atom. The number of hydrogen-bond acceptors (Lipinski definition) is 7. The topological polar surface area (TPSA) is 177 Å². The maximum Gasteiger partial charge on any atom is 0.245 e. The highest BCUT2D eigenvalue weighted by molar-refractivity contribution is 5.93. The van der Waals surface area contributed by atoms with Crippen LogP contribution in [0.15, 0.2) is 0 Å². The van der Waals surface area contributed by atoms with Gasteiger partial charge in [-0.05, 0) is 31.7 Å². The first-order chi connectivity index (χ1) is 14.7.